The third-order valence-corrected chi connectivity index (χ3v) is 5.50. The van der Waals surface area contributed by atoms with Crippen LogP contribution in [0.2, 0.25) is 0 Å². The zero-order chi connectivity index (χ0) is 14.9. The number of hydrogen-bond acceptors (Lipinski definition) is 3. The molecule has 1 fully saturated rings. The molecule has 1 N–H and O–H groups in total. The topological polar surface area (TPSA) is 74.7 Å². The number of rotatable bonds is 4. The minimum atomic E-state index is -3.97. The summed E-state index contributed by atoms with van der Waals surface area (Å²) in [4.78, 5) is 10.3. The number of nitrogens with zero attached hydrogens (tertiary/aromatic N) is 1. The van der Waals surface area contributed by atoms with Crippen LogP contribution in [0.1, 0.15) is 30.1 Å². The van der Waals surface area contributed by atoms with Gasteiger partial charge in [0.05, 0.1) is 5.56 Å². The minimum absolute atomic E-state index is 0.240. The van der Waals surface area contributed by atoms with Crippen molar-refractivity contribution in [2.24, 2.45) is 5.92 Å². The van der Waals surface area contributed by atoms with E-state index in [2.05, 4.69) is 0 Å². The first-order valence-electron chi connectivity index (χ1n) is 6.39. The number of benzene rings is 1. The molecule has 0 aromatic heterocycles. The average molecular weight is 301 g/mol. The Kier molecular flexibility index (Phi) is 4.10. The monoisotopic (exact) mass is 301 g/mol. The van der Waals surface area contributed by atoms with Crippen molar-refractivity contribution in [1.82, 2.24) is 4.31 Å². The molecule has 0 aliphatic carbocycles. The summed E-state index contributed by atoms with van der Waals surface area (Å²) in [6, 6.07) is 2.81. The van der Waals surface area contributed by atoms with Crippen molar-refractivity contribution in [3.63, 3.8) is 0 Å². The number of hydrogen-bond donors (Lipinski definition) is 1. The lowest BCUT2D eigenvalue weighted by Gasteiger charge is -2.17. The molecule has 0 bridgehead atoms. The van der Waals surface area contributed by atoms with Crippen LogP contribution in [-0.2, 0) is 10.0 Å². The van der Waals surface area contributed by atoms with Crippen LogP contribution in [0.4, 0.5) is 4.39 Å². The van der Waals surface area contributed by atoms with Gasteiger partial charge in [-0.15, -0.1) is 0 Å². The van der Waals surface area contributed by atoms with Crippen molar-refractivity contribution in [2.45, 2.75) is 24.7 Å². The highest BCUT2D eigenvalue weighted by molar-refractivity contribution is 7.89. The van der Waals surface area contributed by atoms with E-state index in [0.29, 0.717) is 13.1 Å². The Bertz CT molecular complexity index is 629. The first kappa shape index (κ1) is 14.9. The van der Waals surface area contributed by atoms with Gasteiger partial charge in [-0.1, -0.05) is 13.3 Å². The molecule has 2 rings (SSSR count). The summed E-state index contributed by atoms with van der Waals surface area (Å²) in [5.41, 5.74) is -0.240. The summed E-state index contributed by atoms with van der Waals surface area (Å²) in [6.45, 7) is 2.68. The predicted molar refractivity (Wildman–Crippen MR) is 70.5 cm³/mol. The highest BCUT2D eigenvalue weighted by atomic mass is 32.2. The Morgan fingerprint density at radius 2 is 2.20 bits per heavy atom. The van der Waals surface area contributed by atoms with Gasteiger partial charge < -0.3 is 5.11 Å². The summed E-state index contributed by atoms with van der Waals surface area (Å²) < 4.78 is 39.8. The SMILES string of the molecule is CCC1CCN(S(=O)(=O)c2cc(C(=O)O)ccc2F)C1. The second-order valence-corrected chi connectivity index (χ2v) is 6.78. The summed E-state index contributed by atoms with van der Waals surface area (Å²) in [5, 5.41) is 8.88. The van der Waals surface area contributed by atoms with Crippen LogP contribution < -0.4 is 0 Å². The molecule has 1 atom stereocenters. The molecule has 1 unspecified atom stereocenters. The van der Waals surface area contributed by atoms with E-state index < -0.39 is 26.7 Å². The summed E-state index contributed by atoms with van der Waals surface area (Å²) >= 11 is 0. The van der Waals surface area contributed by atoms with Crippen molar-refractivity contribution in [3.8, 4) is 0 Å². The molecule has 0 spiro atoms. The van der Waals surface area contributed by atoms with E-state index in [-0.39, 0.29) is 11.5 Å². The quantitative estimate of drug-likeness (QED) is 0.922. The Hall–Kier alpha value is -1.47. The Labute approximate surface area is 117 Å². The van der Waals surface area contributed by atoms with Gasteiger partial charge in [0.15, 0.2) is 0 Å². The second-order valence-electron chi connectivity index (χ2n) is 4.88. The maximum atomic E-state index is 13.8. The molecule has 1 aliphatic heterocycles. The lowest BCUT2D eigenvalue weighted by Crippen LogP contribution is -2.29. The number of sulfonamides is 1. The van der Waals surface area contributed by atoms with Crippen LogP contribution in [-0.4, -0.2) is 36.9 Å². The molecule has 1 aliphatic rings. The standard InChI is InChI=1S/C13H16FNO4S/c1-2-9-5-6-15(8-9)20(18,19)12-7-10(13(16)17)3-4-11(12)14/h3-4,7,9H,2,5-6,8H2,1H3,(H,16,17). The van der Waals surface area contributed by atoms with Crippen molar-refractivity contribution in [2.75, 3.05) is 13.1 Å². The molecule has 110 valence electrons. The number of aromatic carboxylic acids is 1. The van der Waals surface area contributed by atoms with Crippen LogP contribution in [0.25, 0.3) is 0 Å². The van der Waals surface area contributed by atoms with Crippen molar-refractivity contribution < 1.29 is 22.7 Å². The molecule has 0 radical (unpaired) electrons. The van der Waals surface area contributed by atoms with Gasteiger partial charge in [0.2, 0.25) is 10.0 Å². The van der Waals surface area contributed by atoms with E-state index in [1.54, 1.807) is 0 Å². The number of carboxylic acid groups (broad SMARTS) is 1. The van der Waals surface area contributed by atoms with E-state index in [0.717, 1.165) is 31.0 Å². The van der Waals surface area contributed by atoms with E-state index >= 15 is 0 Å². The number of carboxylic acids is 1. The number of halogens is 1. The van der Waals surface area contributed by atoms with Gasteiger partial charge >= 0.3 is 5.97 Å². The molecule has 20 heavy (non-hydrogen) atoms. The van der Waals surface area contributed by atoms with Crippen LogP contribution >= 0.6 is 0 Å². The maximum absolute atomic E-state index is 13.8. The largest absolute Gasteiger partial charge is 0.478 e. The molecule has 1 heterocycles. The van der Waals surface area contributed by atoms with E-state index in [1.165, 1.54) is 4.31 Å². The zero-order valence-electron chi connectivity index (χ0n) is 11.0. The van der Waals surface area contributed by atoms with E-state index in [4.69, 9.17) is 5.11 Å². The first-order chi connectivity index (χ1) is 9.36. The fourth-order valence-corrected chi connectivity index (χ4v) is 3.94. The molecule has 1 aromatic carbocycles. The fourth-order valence-electron chi connectivity index (χ4n) is 2.32. The van der Waals surface area contributed by atoms with Gasteiger partial charge in [0.1, 0.15) is 10.7 Å². The summed E-state index contributed by atoms with van der Waals surface area (Å²) in [7, 11) is -3.97. The van der Waals surface area contributed by atoms with Crippen molar-refractivity contribution >= 4 is 16.0 Å². The van der Waals surface area contributed by atoms with Gasteiger partial charge in [0.25, 0.3) is 0 Å². The van der Waals surface area contributed by atoms with Gasteiger partial charge in [-0.3, -0.25) is 0 Å². The maximum Gasteiger partial charge on any atom is 0.335 e. The first-order valence-corrected chi connectivity index (χ1v) is 7.83. The van der Waals surface area contributed by atoms with E-state index in [1.807, 2.05) is 6.92 Å². The van der Waals surface area contributed by atoms with Crippen LogP contribution in [0.15, 0.2) is 23.1 Å². The molecular formula is C13H16FNO4S. The van der Waals surface area contributed by atoms with Gasteiger partial charge in [-0.05, 0) is 30.5 Å². The molecule has 7 heteroatoms. The lowest BCUT2D eigenvalue weighted by molar-refractivity contribution is 0.0696. The third-order valence-electron chi connectivity index (χ3n) is 3.62. The van der Waals surface area contributed by atoms with Crippen LogP contribution in [0.5, 0.6) is 0 Å². The van der Waals surface area contributed by atoms with Gasteiger partial charge in [0, 0.05) is 13.1 Å². The van der Waals surface area contributed by atoms with Gasteiger partial charge in [-0.25, -0.2) is 17.6 Å². The van der Waals surface area contributed by atoms with E-state index in [9.17, 15) is 17.6 Å². The highest BCUT2D eigenvalue weighted by Crippen LogP contribution is 2.27. The zero-order valence-corrected chi connectivity index (χ0v) is 11.9. The molecule has 1 saturated heterocycles. The normalized spacial score (nSPS) is 20.2. The number of carbonyl (C=O) groups is 1. The predicted octanol–water partition coefficient (Wildman–Crippen LogP) is 1.94. The Morgan fingerprint density at radius 3 is 2.75 bits per heavy atom. The molecule has 0 saturated carbocycles. The molecule has 5 nitrogen and oxygen atoms in total. The Balaban J connectivity index is 2.39. The lowest BCUT2D eigenvalue weighted by atomic mass is 10.1. The Morgan fingerprint density at radius 1 is 1.50 bits per heavy atom. The third kappa shape index (κ3) is 2.69. The molecule has 0 amide bonds. The minimum Gasteiger partial charge on any atom is -0.478 e. The van der Waals surface area contributed by atoms with Gasteiger partial charge in [-0.2, -0.15) is 4.31 Å². The molecule has 1 aromatic rings. The second kappa shape index (κ2) is 5.49. The van der Waals surface area contributed by atoms with Crippen LogP contribution in [0.3, 0.4) is 0 Å². The summed E-state index contributed by atoms with van der Waals surface area (Å²) in [5.74, 6) is -1.93. The smallest absolute Gasteiger partial charge is 0.335 e. The van der Waals surface area contributed by atoms with Crippen molar-refractivity contribution in [1.29, 1.82) is 0 Å². The average Bonchev–Trinajstić information content (AvgIpc) is 2.88. The highest BCUT2D eigenvalue weighted by Gasteiger charge is 2.33. The van der Waals surface area contributed by atoms with Crippen molar-refractivity contribution in [3.05, 3.63) is 29.6 Å². The summed E-state index contributed by atoms with van der Waals surface area (Å²) in [6.07, 6.45) is 1.61. The fraction of sp³-hybridized carbons (Fsp3) is 0.462. The van der Waals surface area contributed by atoms with Crippen LogP contribution in [0, 0.1) is 11.7 Å². The molecular weight excluding hydrogens is 285 g/mol.